The Morgan fingerprint density at radius 2 is 1.97 bits per heavy atom. The monoisotopic (exact) mass is 423 g/mol. The summed E-state index contributed by atoms with van der Waals surface area (Å²) in [5, 5.41) is 13.9. The first-order chi connectivity index (χ1) is 13.7. The van der Waals surface area contributed by atoms with E-state index in [1.807, 2.05) is 0 Å². The lowest BCUT2D eigenvalue weighted by Gasteiger charge is -2.08. The zero-order chi connectivity index (χ0) is 21.7. The number of hydrogen-bond donors (Lipinski definition) is 1. The molecule has 154 valence electrons. The van der Waals surface area contributed by atoms with E-state index in [1.54, 1.807) is 19.9 Å². The summed E-state index contributed by atoms with van der Waals surface area (Å²) >= 11 is 0.994. The quantitative estimate of drug-likeness (QED) is 0.402. The molecule has 2 aromatic rings. The second-order valence-corrected chi connectivity index (χ2v) is 6.74. The number of aryl methyl sites for hydroxylation is 1. The molecule has 0 spiro atoms. The minimum absolute atomic E-state index is 0.204. The van der Waals surface area contributed by atoms with E-state index in [4.69, 9.17) is 4.74 Å². The zero-order valence-electron chi connectivity index (χ0n) is 15.7. The average molecular weight is 423 g/mol. The molecule has 1 amide bonds. The first-order valence-electron chi connectivity index (χ1n) is 8.22. The molecule has 2 aromatic heterocycles. The standard InChI is InChI=1S/C17H17N3O8S/c1-4-28-17(24)14-9(2)5-13(29-14)18-12(21)8-19-7-10(16(23)27-3)6-11(15(19)22)20(25)26/h5-7H,4,8H2,1-3H3,(H,18,21). The van der Waals surface area contributed by atoms with Gasteiger partial charge in [0.1, 0.15) is 11.4 Å². The fraction of sp³-hybridized carbons (Fsp3) is 0.294. The smallest absolute Gasteiger partial charge is 0.348 e. The highest BCUT2D eigenvalue weighted by Gasteiger charge is 2.22. The normalized spacial score (nSPS) is 10.3. The van der Waals surface area contributed by atoms with Crippen LogP contribution in [0.2, 0.25) is 0 Å². The van der Waals surface area contributed by atoms with Gasteiger partial charge >= 0.3 is 23.2 Å². The van der Waals surface area contributed by atoms with E-state index in [-0.39, 0.29) is 12.2 Å². The second kappa shape index (κ2) is 9.10. The number of nitrogens with zero attached hydrogens (tertiary/aromatic N) is 2. The van der Waals surface area contributed by atoms with Crippen LogP contribution >= 0.6 is 11.3 Å². The lowest BCUT2D eigenvalue weighted by atomic mass is 10.2. The summed E-state index contributed by atoms with van der Waals surface area (Å²) in [7, 11) is 1.08. The van der Waals surface area contributed by atoms with Gasteiger partial charge in [-0.05, 0) is 25.5 Å². The van der Waals surface area contributed by atoms with Gasteiger partial charge in [0.2, 0.25) is 5.91 Å². The minimum atomic E-state index is -1.05. The summed E-state index contributed by atoms with van der Waals surface area (Å²) in [4.78, 5) is 58.5. The molecule has 0 aromatic carbocycles. The van der Waals surface area contributed by atoms with Crippen molar-refractivity contribution in [3.63, 3.8) is 0 Å². The molecule has 29 heavy (non-hydrogen) atoms. The molecule has 11 nitrogen and oxygen atoms in total. The third kappa shape index (κ3) is 5.04. The van der Waals surface area contributed by atoms with Gasteiger partial charge < -0.3 is 14.8 Å². The largest absolute Gasteiger partial charge is 0.465 e. The number of hydrogen-bond acceptors (Lipinski definition) is 9. The van der Waals surface area contributed by atoms with Crippen LogP contribution < -0.4 is 10.9 Å². The van der Waals surface area contributed by atoms with Gasteiger partial charge in [-0.25, -0.2) is 9.59 Å². The van der Waals surface area contributed by atoms with Crippen molar-refractivity contribution in [1.82, 2.24) is 4.57 Å². The number of methoxy groups -OCH3 is 1. The van der Waals surface area contributed by atoms with Gasteiger partial charge in [0.15, 0.2) is 0 Å². The predicted molar refractivity (Wildman–Crippen MR) is 102 cm³/mol. The lowest BCUT2D eigenvalue weighted by molar-refractivity contribution is -0.386. The molecule has 2 heterocycles. The molecular formula is C17H17N3O8S. The molecule has 0 aliphatic carbocycles. The average Bonchev–Trinajstić information content (AvgIpc) is 3.02. The fourth-order valence-corrected chi connectivity index (χ4v) is 3.35. The van der Waals surface area contributed by atoms with Crippen LogP contribution in [0.5, 0.6) is 0 Å². The highest BCUT2D eigenvalue weighted by atomic mass is 32.1. The maximum Gasteiger partial charge on any atom is 0.348 e. The van der Waals surface area contributed by atoms with Crippen LogP contribution in [0.1, 0.15) is 32.5 Å². The molecule has 0 aliphatic heterocycles. The number of nitro groups is 1. The van der Waals surface area contributed by atoms with E-state index in [0.29, 0.717) is 15.4 Å². The molecule has 2 rings (SSSR count). The van der Waals surface area contributed by atoms with Crippen molar-refractivity contribution in [2.75, 3.05) is 19.0 Å². The molecule has 0 unspecified atom stereocenters. The van der Waals surface area contributed by atoms with Crippen LogP contribution in [0.3, 0.4) is 0 Å². The van der Waals surface area contributed by atoms with Crippen molar-refractivity contribution < 1.29 is 28.8 Å². The van der Waals surface area contributed by atoms with Gasteiger partial charge in [-0.2, -0.15) is 0 Å². The summed E-state index contributed by atoms with van der Waals surface area (Å²) in [6, 6.07) is 2.35. The van der Waals surface area contributed by atoms with E-state index in [2.05, 4.69) is 10.1 Å². The Balaban J connectivity index is 2.27. The van der Waals surface area contributed by atoms with Gasteiger partial charge in [0.05, 0.1) is 29.2 Å². The number of amides is 1. The van der Waals surface area contributed by atoms with Crippen LogP contribution in [0.15, 0.2) is 23.1 Å². The number of thiophene rings is 1. The van der Waals surface area contributed by atoms with Crippen molar-refractivity contribution in [1.29, 1.82) is 0 Å². The Labute approximate surface area is 168 Å². The van der Waals surface area contributed by atoms with Gasteiger partial charge in [-0.3, -0.25) is 24.3 Å². The van der Waals surface area contributed by atoms with Gasteiger partial charge in [0.25, 0.3) is 0 Å². The van der Waals surface area contributed by atoms with Crippen molar-refractivity contribution in [3.05, 3.63) is 54.8 Å². The zero-order valence-corrected chi connectivity index (χ0v) is 16.5. The molecule has 0 fully saturated rings. The highest BCUT2D eigenvalue weighted by molar-refractivity contribution is 7.18. The van der Waals surface area contributed by atoms with Gasteiger partial charge in [-0.15, -0.1) is 11.3 Å². The minimum Gasteiger partial charge on any atom is -0.465 e. The topological polar surface area (TPSA) is 147 Å². The Hall–Kier alpha value is -3.54. The first-order valence-corrected chi connectivity index (χ1v) is 9.04. The van der Waals surface area contributed by atoms with Gasteiger partial charge in [-0.1, -0.05) is 0 Å². The highest BCUT2D eigenvalue weighted by Crippen LogP contribution is 2.27. The van der Waals surface area contributed by atoms with Crippen molar-refractivity contribution in [2.24, 2.45) is 0 Å². The van der Waals surface area contributed by atoms with Crippen molar-refractivity contribution in [2.45, 2.75) is 20.4 Å². The molecule has 0 saturated heterocycles. The number of ether oxygens (including phenoxy) is 2. The number of carbonyl (C=O) groups excluding carboxylic acids is 3. The van der Waals surface area contributed by atoms with Crippen LogP contribution in [0, 0.1) is 17.0 Å². The Morgan fingerprint density at radius 1 is 1.28 bits per heavy atom. The first kappa shape index (κ1) is 21.8. The Bertz CT molecular complexity index is 1040. The van der Waals surface area contributed by atoms with Crippen LogP contribution in [-0.4, -0.2) is 41.1 Å². The molecule has 0 aliphatic rings. The summed E-state index contributed by atoms with van der Waals surface area (Å²) in [5.41, 5.74) is -1.56. The third-order valence-corrected chi connectivity index (χ3v) is 4.77. The number of anilines is 1. The number of aromatic nitrogens is 1. The molecule has 0 radical (unpaired) electrons. The second-order valence-electron chi connectivity index (χ2n) is 5.69. The maximum atomic E-state index is 12.3. The number of rotatable bonds is 7. The molecule has 1 N–H and O–H groups in total. The van der Waals surface area contributed by atoms with Crippen molar-refractivity contribution in [3.8, 4) is 0 Å². The number of pyridine rings is 1. The van der Waals surface area contributed by atoms with E-state index in [1.165, 1.54) is 0 Å². The summed E-state index contributed by atoms with van der Waals surface area (Å²) < 4.78 is 10.2. The molecular weight excluding hydrogens is 406 g/mol. The van der Waals surface area contributed by atoms with E-state index >= 15 is 0 Å². The lowest BCUT2D eigenvalue weighted by Crippen LogP contribution is -2.29. The molecule has 0 saturated carbocycles. The molecule has 12 heteroatoms. The number of carbonyl (C=O) groups is 3. The summed E-state index contributed by atoms with van der Waals surface area (Å²) in [6.45, 7) is 2.96. The SMILES string of the molecule is CCOC(=O)c1sc(NC(=O)Cn2cc(C(=O)OC)cc([N+](=O)[O-])c2=O)cc1C. The van der Waals surface area contributed by atoms with Crippen LogP contribution in [0.25, 0.3) is 0 Å². The summed E-state index contributed by atoms with van der Waals surface area (Å²) in [6.07, 6.45) is 1.00. The maximum absolute atomic E-state index is 12.3. The fourth-order valence-electron chi connectivity index (χ4n) is 2.37. The van der Waals surface area contributed by atoms with E-state index in [9.17, 15) is 29.3 Å². The Kier molecular flexibility index (Phi) is 6.83. The summed E-state index contributed by atoms with van der Waals surface area (Å²) in [5.74, 6) is -2.09. The number of esters is 2. The van der Waals surface area contributed by atoms with E-state index in [0.717, 1.165) is 35.3 Å². The van der Waals surface area contributed by atoms with Crippen LogP contribution in [-0.2, 0) is 20.8 Å². The predicted octanol–water partition coefficient (Wildman–Crippen LogP) is 1.73. The number of nitrogens with one attached hydrogen (secondary N) is 1. The van der Waals surface area contributed by atoms with Gasteiger partial charge in [0, 0.05) is 12.3 Å². The third-order valence-electron chi connectivity index (χ3n) is 3.64. The van der Waals surface area contributed by atoms with E-state index < -0.39 is 40.6 Å². The van der Waals surface area contributed by atoms with Crippen LogP contribution in [0.4, 0.5) is 10.7 Å². The van der Waals surface area contributed by atoms with Crippen molar-refractivity contribution >= 4 is 39.9 Å². The molecule has 0 atom stereocenters. The molecule has 0 bridgehead atoms. The Morgan fingerprint density at radius 3 is 2.55 bits per heavy atom.